The molecule has 0 aliphatic heterocycles. The topological polar surface area (TPSA) is 34.0 Å². The molecular formula is C54H40N4. The smallest absolute Gasteiger partial charge is 0.160 e. The molecule has 8 aromatic carbocycles. The Bertz CT molecular complexity index is 2920. The molecule has 276 valence electrons. The highest BCUT2D eigenvalue weighted by atomic mass is 15.1. The average molecular weight is 745 g/mol. The van der Waals surface area contributed by atoms with E-state index in [0.29, 0.717) is 5.82 Å². The fourth-order valence-electron chi connectivity index (χ4n) is 7.92. The summed E-state index contributed by atoms with van der Waals surface area (Å²) < 4.78 is 2.38. The van der Waals surface area contributed by atoms with Gasteiger partial charge >= 0.3 is 0 Å². The van der Waals surface area contributed by atoms with Crippen molar-refractivity contribution >= 4 is 38.9 Å². The highest BCUT2D eigenvalue weighted by Crippen LogP contribution is 2.40. The molecule has 4 heteroatoms. The summed E-state index contributed by atoms with van der Waals surface area (Å²) >= 11 is 0. The van der Waals surface area contributed by atoms with Crippen molar-refractivity contribution < 1.29 is 0 Å². The second kappa shape index (κ2) is 14.8. The van der Waals surface area contributed by atoms with Crippen molar-refractivity contribution in [2.45, 2.75) is 13.8 Å². The molecule has 0 fully saturated rings. The summed E-state index contributed by atoms with van der Waals surface area (Å²) in [5.41, 5.74) is 16.5. The molecule has 10 aromatic rings. The van der Waals surface area contributed by atoms with Crippen molar-refractivity contribution in [2.24, 2.45) is 0 Å². The Hall–Kier alpha value is -7.56. The molecule has 0 spiro atoms. The van der Waals surface area contributed by atoms with Crippen LogP contribution in [0.2, 0.25) is 0 Å². The van der Waals surface area contributed by atoms with Crippen molar-refractivity contribution in [1.29, 1.82) is 0 Å². The molecule has 0 N–H and O–H groups in total. The zero-order valence-corrected chi connectivity index (χ0v) is 32.4. The molecule has 2 aromatic heterocycles. The number of nitrogens with zero attached hydrogens (tertiary/aromatic N) is 4. The first-order chi connectivity index (χ1) is 28.6. The summed E-state index contributed by atoms with van der Waals surface area (Å²) in [6.07, 6.45) is 0. The van der Waals surface area contributed by atoms with Gasteiger partial charge in [0.05, 0.1) is 22.4 Å². The molecule has 4 nitrogen and oxygen atoms in total. The van der Waals surface area contributed by atoms with E-state index in [2.05, 4.69) is 193 Å². The normalized spacial score (nSPS) is 11.3. The number of hydrogen-bond donors (Lipinski definition) is 0. The molecule has 2 heterocycles. The monoisotopic (exact) mass is 744 g/mol. The number of hydrogen-bond acceptors (Lipinski definition) is 3. The van der Waals surface area contributed by atoms with E-state index < -0.39 is 0 Å². The Balaban J connectivity index is 0.993. The maximum absolute atomic E-state index is 5.03. The summed E-state index contributed by atoms with van der Waals surface area (Å²) in [4.78, 5) is 12.3. The number of aromatic nitrogens is 3. The van der Waals surface area contributed by atoms with E-state index in [1.54, 1.807) is 0 Å². The van der Waals surface area contributed by atoms with E-state index in [1.807, 2.05) is 36.4 Å². The highest BCUT2D eigenvalue weighted by Gasteiger charge is 2.18. The van der Waals surface area contributed by atoms with E-state index in [1.165, 1.54) is 32.9 Å². The van der Waals surface area contributed by atoms with E-state index in [-0.39, 0.29) is 0 Å². The van der Waals surface area contributed by atoms with Crippen molar-refractivity contribution in [3.63, 3.8) is 0 Å². The van der Waals surface area contributed by atoms with Gasteiger partial charge < -0.3 is 9.47 Å². The summed E-state index contributed by atoms with van der Waals surface area (Å²) in [5.74, 6) is 0.716. The maximum Gasteiger partial charge on any atom is 0.160 e. The largest absolute Gasteiger partial charge is 0.310 e. The molecule has 0 atom stereocenters. The zero-order valence-electron chi connectivity index (χ0n) is 32.4. The maximum atomic E-state index is 5.03. The van der Waals surface area contributed by atoms with Gasteiger partial charge in [-0.1, -0.05) is 151 Å². The molecule has 0 bridgehead atoms. The summed E-state index contributed by atoms with van der Waals surface area (Å²) in [6.45, 7) is 4.26. The van der Waals surface area contributed by atoms with E-state index in [4.69, 9.17) is 9.97 Å². The molecular weight excluding hydrogens is 705 g/mol. The lowest BCUT2D eigenvalue weighted by Crippen LogP contribution is -2.09. The summed E-state index contributed by atoms with van der Waals surface area (Å²) in [7, 11) is 0. The fourth-order valence-corrected chi connectivity index (χ4v) is 7.92. The van der Waals surface area contributed by atoms with Gasteiger partial charge in [0.15, 0.2) is 5.82 Å². The van der Waals surface area contributed by atoms with Crippen LogP contribution in [0.4, 0.5) is 17.1 Å². The van der Waals surface area contributed by atoms with Gasteiger partial charge in [0.2, 0.25) is 0 Å². The van der Waals surface area contributed by atoms with Crippen LogP contribution in [0.25, 0.3) is 72.5 Å². The minimum Gasteiger partial charge on any atom is -0.310 e. The Labute approximate surface area is 339 Å². The fraction of sp³-hybridized carbons (Fsp3) is 0.0370. The van der Waals surface area contributed by atoms with E-state index >= 15 is 0 Å². The van der Waals surface area contributed by atoms with Gasteiger partial charge in [-0.25, -0.2) is 9.97 Å². The van der Waals surface area contributed by atoms with Gasteiger partial charge in [0, 0.05) is 50.2 Å². The Morgan fingerprint density at radius 3 is 1.43 bits per heavy atom. The van der Waals surface area contributed by atoms with Crippen LogP contribution in [0.5, 0.6) is 0 Å². The number of anilines is 3. The van der Waals surface area contributed by atoms with Crippen molar-refractivity contribution in [3.8, 4) is 50.7 Å². The predicted octanol–water partition coefficient (Wildman–Crippen LogP) is 14.3. The van der Waals surface area contributed by atoms with Crippen LogP contribution in [-0.2, 0) is 0 Å². The van der Waals surface area contributed by atoms with Crippen LogP contribution in [0.15, 0.2) is 206 Å². The van der Waals surface area contributed by atoms with Crippen LogP contribution >= 0.6 is 0 Å². The van der Waals surface area contributed by atoms with Crippen LogP contribution in [0.1, 0.15) is 11.1 Å². The molecule has 0 radical (unpaired) electrons. The lowest BCUT2D eigenvalue weighted by Gasteiger charge is -2.26. The molecule has 58 heavy (non-hydrogen) atoms. The van der Waals surface area contributed by atoms with E-state index in [9.17, 15) is 0 Å². The van der Waals surface area contributed by atoms with Gasteiger partial charge in [0.25, 0.3) is 0 Å². The number of rotatable bonds is 8. The van der Waals surface area contributed by atoms with Crippen LogP contribution in [0.3, 0.4) is 0 Å². The third-order valence-electron chi connectivity index (χ3n) is 11.0. The predicted molar refractivity (Wildman–Crippen MR) is 242 cm³/mol. The second-order valence-electron chi connectivity index (χ2n) is 14.9. The minimum absolute atomic E-state index is 0.716. The molecule has 0 saturated heterocycles. The molecule has 0 saturated carbocycles. The van der Waals surface area contributed by atoms with Crippen molar-refractivity contribution in [2.75, 3.05) is 4.90 Å². The van der Waals surface area contributed by atoms with Crippen molar-refractivity contribution in [3.05, 3.63) is 217 Å². The molecule has 0 aliphatic rings. The summed E-state index contributed by atoms with van der Waals surface area (Å²) in [5, 5.41) is 2.44. The average Bonchev–Trinajstić information content (AvgIpc) is 3.62. The van der Waals surface area contributed by atoms with Crippen LogP contribution in [-0.4, -0.2) is 14.5 Å². The molecule has 10 rings (SSSR count). The van der Waals surface area contributed by atoms with Gasteiger partial charge in [-0.3, -0.25) is 0 Å². The van der Waals surface area contributed by atoms with Crippen LogP contribution < -0.4 is 4.90 Å². The summed E-state index contributed by atoms with van der Waals surface area (Å²) in [6, 6.07) is 73.3. The number of para-hydroxylation sites is 1. The first kappa shape index (κ1) is 34.9. The number of aryl methyl sites for hydroxylation is 2. The van der Waals surface area contributed by atoms with E-state index in [0.717, 1.165) is 62.0 Å². The number of benzene rings is 8. The van der Waals surface area contributed by atoms with Gasteiger partial charge in [0.1, 0.15) is 0 Å². The molecule has 0 aliphatic carbocycles. The standard InChI is InChI=1S/C54H40N4/c1-37-17-27-44(28-18-37)57(45-29-19-38(2)20-30-45)47-33-34-53-49(35-47)48-15-9-10-16-52(48)58(53)46-31-25-40(26-32-46)39-21-23-42(24-22-39)51-36-50(41-11-5-3-6-12-41)55-54(56-51)43-13-7-4-8-14-43/h3-36H,1-2H3. The third-order valence-corrected chi connectivity index (χ3v) is 11.0. The van der Waals surface area contributed by atoms with Gasteiger partial charge in [-0.2, -0.15) is 0 Å². The second-order valence-corrected chi connectivity index (χ2v) is 14.9. The SMILES string of the molecule is Cc1ccc(N(c2ccc(C)cc2)c2ccc3c(c2)c2ccccc2n3-c2ccc(-c3ccc(-c4cc(-c5ccccc5)nc(-c5ccccc5)n4)cc3)cc2)cc1. The minimum atomic E-state index is 0.716. The van der Waals surface area contributed by atoms with Crippen molar-refractivity contribution in [1.82, 2.24) is 14.5 Å². The Morgan fingerprint density at radius 2 is 0.828 bits per heavy atom. The zero-order chi connectivity index (χ0) is 39.0. The number of fused-ring (bicyclic) bond motifs is 3. The van der Waals surface area contributed by atoms with Gasteiger partial charge in [-0.05, 0) is 91.7 Å². The van der Waals surface area contributed by atoms with Crippen LogP contribution in [0, 0.1) is 13.8 Å². The third kappa shape index (κ3) is 6.61. The lowest BCUT2D eigenvalue weighted by atomic mass is 10.0. The molecule has 0 amide bonds. The first-order valence-corrected chi connectivity index (χ1v) is 19.7. The quantitative estimate of drug-likeness (QED) is 0.155. The first-order valence-electron chi connectivity index (χ1n) is 19.7. The highest BCUT2D eigenvalue weighted by molar-refractivity contribution is 6.10. The Kier molecular flexibility index (Phi) is 8.92. The molecule has 0 unspecified atom stereocenters. The lowest BCUT2D eigenvalue weighted by molar-refractivity contribution is 1.18. The Morgan fingerprint density at radius 1 is 0.362 bits per heavy atom. The van der Waals surface area contributed by atoms with Gasteiger partial charge in [-0.15, -0.1) is 0 Å².